The molecule has 0 saturated heterocycles. The van der Waals surface area contributed by atoms with Crippen molar-refractivity contribution in [2.45, 2.75) is 41.5 Å². The second kappa shape index (κ2) is 17.3. The van der Waals surface area contributed by atoms with Crippen LogP contribution in [0.1, 0.15) is 116 Å². The number of hydrogen-bond donors (Lipinski definition) is 8. The highest BCUT2D eigenvalue weighted by molar-refractivity contribution is 6.05. The van der Waals surface area contributed by atoms with Gasteiger partial charge in [0.2, 0.25) is 0 Å². The molecule has 16 heteroatoms. The molecule has 0 spiro atoms. The maximum absolute atomic E-state index is 12.4. The van der Waals surface area contributed by atoms with E-state index in [-0.39, 0.29) is 44.5 Å². The summed E-state index contributed by atoms with van der Waals surface area (Å²) in [6, 6.07) is 13.8. The lowest BCUT2D eigenvalue weighted by atomic mass is 9.75. The molecule has 0 aromatic heterocycles. The van der Waals surface area contributed by atoms with Gasteiger partial charge in [0.25, 0.3) is 0 Å². The molecule has 0 amide bonds. The molecule has 0 bridgehead atoms. The Hall–Kier alpha value is -8.92. The second-order valence-electron chi connectivity index (χ2n) is 15.6. The summed E-state index contributed by atoms with van der Waals surface area (Å²) in [5, 5.41) is 80.9. The Morgan fingerprint density at radius 3 is 0.470 bits per heavy atom. The van der Waals surface area contributed by atoms with Crippen LogP contribution in [0.15, 0.2) is 72.8 Å². The highest BCUT2D eigenvalue weighted by Crippen LogP contribution is 2.50. The van der Waals surface area contributed by atoms with Crippen LogP contribution in [0.25, 0.3) is 55.6 Å². The Balaban J connectivity index is 1.95. The predicted molar refractivity (Wildman–Crippen MR) is 238 cm³/mol. The average molecular weight is 895 g/mol. The number of carbonyl (C=O) groups is 8. The standard InChI is InChI=1S/C50H38O16/c1-19-37(25-7-29(43(51)52)15-30(8-25)44(53)54)21(3)41(22(4)38(19)26-9-31(45(55)56)16-32(10-26)46(57)58)42-23(5)39(27-11-33(47(59)60)17-34(12-27)48(61)62)20(2)40(24(42)6)28-13-35(49(63)64)18-36(14-28)50(65)66/h7-18H,1-6H3,(H,51,52)(H,53,54)(H,55,56)(H,57,58)(H,59,60)(H,61,62)(H,63,64)(H,65,66). The van der Waals surface area contributed by atoms with E-state index in [1.165, 1.54) is 48.5 Å². The van der Waals surface area contributed by atoms with E-state index in [1.807, 2.05) is 0 Å². The van der Waals surface area contributed by atoms with Crippen LogP contribution in [0.4, 0.5) is 0 Å². The molecule has 0 aliphatic heterocycles. The van der Waals surface area contributed by atoms with Crippen LogP contribution in [0.2, 0.25) is 0 Å². The third kappa shape index (κ3) is 8.33. The first kappa shape index (κ1) is 46.6. The highest BCUT2D eigenvalue weighted by atomic mass is 16.4. The van der Waals surface area contributed by atoms with E-state index in [0.29, 0.717) is 44.5 Å². The molecule has 0 heterocycles. The van der Waals surface area contributed by atoms with Crippen LogP contribution in [-0.4, -0.2) is 88.6 Å². The smallest absolute Gasteiger partial charge is 0.335 e. The summed E-state index contributed by atoms with van der Waals surface area (Å²) in [6.45, 7) is 9.82. The summed E-state index contributed by atoms with van der Waals surface area (Å²) in [5.41, 5.74) is 0.977. The molecular weight excluding hydrogens is 857 g/mol. The molecule has 0 aliphatic carbocycles. The van der Waals surface area contributed by atoms with Gasteiger partial charge >= 0.3 is 47.8 Å². The Morgan fingerprint density at radius 2 is 0.348 bits per heavy atom. The van der Waals surface area contributed by atoms with Crippen molar-refractivity contribution in [3.8, 4) is 55.6 Å². The molecule has 6 aromatic rings. The summed E-state index contributed by atoms with van der Waals surface area (Å²) in [5.74, 6) is -11.7. The molecule has 0 fully saturated rings. The zero-order valence-corrected chi connectivity index (χ0v) is 35.8. The molecule has 0 unspecified atom stereocenters. The Morgan fingerprint density at radius 1 is 0.227 bits per heavy atom. The number of rotatable bonds is 13. The van der Waals surface area contributed by atoms with E-state index in [4.69, 9.17) is 0 Å². The highest BCUT2D eigenvalue weighted by Gasteiger charge is 2.30. The zero-order chi connectivity index (χ0) is 49.0. The molecule has 6 aromatic carbocycles. The van der Waals surface area contributed by atoms with Gasteiger partial charge in [0.15, 0.2) is 0 Å². The maximum Gasteiger partial charge on any atom is 0.335 e. The van der Waals surface area contributed by atoms with Gasteiger partial charge < -0.3 is 40.9 Å². The van der Waals surface area contributed by atoms with Gasteiger partial charge in [-0.05, 0) is 203 Å². The minimum atomic E-state index is -1.46. The van der Waals surface area contributed by atoms with E-state index in [0.717, 1.165) is 24.3 Å². The molecule has 8 N–H and O–H groups in total. The largest absolute Gasteiger partial charge is 0.478 e. The Kier molecular flexibility index (Phi) is 12.2. The molecular formula is C50H38O16. The van der Waals surface area contributed by atoms with Crippen molar-refractivity contribution in [3.63, 3.8) is 0 Å². The third-order valence-electron chi connectivity index (χ3n) is 11.6. The summed E-state index contributed by atoms with van der Waals surface area (Å²) >= 11 is 0. The lowest BCUT2D eigenvalue weighted by molar-refractivity contribution is 0.0676. The Labute approximate surface area is 373 Å². The molecule has 16 nitrogen and oxygen atoms in total. The Bertz CT molecular complexity index is 2680. The van der Waals surface area contributed by atoms with Crippen molar-refractivity contribution in [2.24, 2.45) is 0 Å². The molecule has 0 radical (unpaired) electrons. The first-order valence-electron chi connectivity index (χ1n) is 19.6. The fourth-order valence-corrected chi connectivity index (χ4v) is 9.00. The average Bonchev–Trinajstić information content (AvgIpc) is 3.24. The van der Waals surface area contributed by atoms with E-state index in [1.54, 1.807) is 41.5 Å². The molecule has 0 saturated carbocycles. The van der Waals surface area contributed by atoms with Crippen LogP contribution in [-0.2, 0) is 0 Å². The number of benzene rings is 6. The van der Waals surface area contributed by atoms with E-state index in [2.05, 4.69) is 0 Å². The van der Waals surface area contributed by atoms with Crippen molar-refractivity contribution in [3.05, 3.63) is 151 Å². The van der Waals surface area contributed by atoms with Crippen molar-refractivity contribution < 1.29 is 79.2 Å². The van der Waals surface area contributed by atoms with Crippen molar-refractivity contribution >= 4 is 47.8 Å². The molecule has 0 aliphatic rings. The van der Waals surface area contributed by atoms with E-state index < -0.39 is 92.3 Å². The third-order valence-corrected chi connectivity index (χ3v) is 11.6. The van der Waals surface area contributed by atoms with Gasteiger partial charge in [-0.15, -0.1) is 0 Å². The molecule has 6 rings (SSSR count). The van der Waals surface area contributed by atoms with Crippen LogP contribution in [0.5, 0.6) is 0 Å². The fourth-order valence-electron chi connectivity index (χ4n) is 9.00. The summed E-state index contributed by atoms with van der Waals surface area (Å²) in [6.07, 6.45) is 0. The topological polar surface area (TPSA) is 298 Å². The summed E-state index contributed by atoms with van der Waals surface area (Å²) in [4.78, 5) is 99.5. The van der Waals surface area contributed by atoms with Crippen LogP contribution < -0.4 is 0 Å². The first-order valence-corrected chi connectivity index (χ1v) is 19.6. The van der Waals surface area contributed by atoms with E-state index in [9.17, 15) is 79.2 Å². The van der Waals surface area contributed by atoms with Crippen molar-refractivity contribution in [1.82, 2.24) is 0 Å². The van der Waals surface area contributed by atoms with Gasteiger partial charge in [0.1, 0.15) is 0 Å². The predicted octanol–water partition coefficient (Wildman–Crippen LogP) is 9.46. The van der Waals surface area contributed by atoms with Gasteiger partial charge in [-0.25, -0.2) is 38.4 Å². The lowest BCUT2D eigenvalue weighted by Crippen LogP contribution is -2.09. The monoisotopic (exact) mass is 894 g/mol. The van der Waals surface area contributed by atoms with Gasteiger partial charge in [-0.3, -0.25) is 0 Å². The maximum atomic E-state index is 12.4. The van der Waals surface area contributed by atoms with Crippen LogP contribution in [0, 0.1) is 41.5 Å². The van der Waals surface area contributed by atoms with Crippen molar-refractivity contribution in [2.75, 3.05) is 0 Å². The lowest BCUT2D eigenvalue weighted by Gasteiger charge is -2.29. The molecule has 66 heavy (non-hydrogen) atoms. The summed E-state index contributed by atoms with van der Waals surface area (Å²) in [7, 11) is 0. The molecule has 334 valence electrons. The normalized spacial score (nSPS) is 10.9. The SMILES string of the molecule is Cc1c(-c2cc(C(=O)O)cc(C(=O)O)c2)c(C)c(-c2c(C)c(-c3cc(C(=O)O)cc(C(=O)O)c3)c(C)c(-c3cc(C(=O)O)cc(C(=O)O)c3)c2C)c(C)c1-c1cc(C(=O)O)cc(C(=O)O)c1. The van der Waals surface area contributed by atoms with Gasteiger partial charge in [-0.2, -0.15) is 0 Å². The van der Waals surface area contributed by atoms with Crippen LogP contribution in [0.3, 0.4) is 0 Å². The van der Waals surface area contributed by atoms with Crippen LogP contribution >= 0.6 is 0 Å². The van der Waals surface area contributed by atoms with E-state index >= 15 is 0 Å². The van der Waals surface area contributed by atoms with Gasteiger partial charge in [0.05, 0.1) is 44.5 Å². The second-order valence-corrected chi connectivity index (χ2v) is 15.6. The quantitative estimate of drug-likeness (QED) is 0.0535. The summed E-state index contributed by atoms with van der Waals surface area (Å²) < 4.78 is 0. The van der Waals surface area contributed by atoms with Gasteiger partial charge in [0, 0.05) is 0 Å². The van der Waals surface area contributed by atoms with Crippen molar-refractivity contribution in [1.29, 1.82) is 0 Å². The number of carboxylic acids is 8. The minimum absolute atomic E-state index is 0.0843. The number of aromatic carboxylic acids is 8. The number of hydrogen-bond acceptors (Lipinski definition) is 8. The van der Waals surface area contributed by atoms with Gasteiger partial charge in [-0.1, -0.05) is 0 Å². The molecule has 0 atom stereocenters. The zero-order valence-electron chi connectivity index (χ0n) is 35.8. The first-order chi connectivity index (χ1) is 30.8. The number of carboxylic acid groups (broad SMARTS) is 8. The minimum Gasteiger partial charge on any atom is -0.478 e. The fraction of sp³-hybridized carbons (Fsp3) is 0.120.